The van der Waals surface area contributed by atoms with E-state index in [1.807, 2.05) is 19.9 Å². The van der Waals surface area contributed by atoms with Crippen LogP contribution in [0.1, 0.15) is 28.1 Å². The molecule has 1 aromatic carbocycles. The number of hydrogen-bond acceptors (Lipinski definition) is 5. The van der Waals surface area contributed by atoms with Crippen LogP contribution < -0.4 is 4.18 Å². The fourth-order valence-corrected chi connectivity index (χ4v) is 2.95. The summed E-state index contributed by atoms with van der Waals surface area (Å²) < 4.78 is 29.9. The lowest BCUT2D eigenvalue weighted by Crippen LogP contribution is -2.13. The highest BCUT2D eigenvalue weighted by Gasteiger charge is 2.22. The van der Waals surface area contributed by atoms with Crippen LogP contribution in [0.3, 0.4) is 0 Å². The van der Waals surface area contributed by atoms with E-state index in [-0.39, 0.29) is 16.3 Å². The van der Waals surface area contributed by atoms with Gasteiger partial charge in [-0.3, -0.25) is 0 Å². The molecule has 0 fully saturated rings. The van der Waals surface area contributed by atoms with Gasteiger partial charge in [0.1, 0.15) is 11.0 Å². The Hall–Kier alpha value is -2.39. The predicted molar refractivity (Wildman–Crippen MR) is 82.2 cm³/mol. The lowest BCUT2D eigenvalue weighted by atomic mass is 10.1. The molecule has 0 unspecified atom stereocenters. The average Bonchev–Trinajstić information content (AvgIpc) is 2.48. The maximum absolute atomic E-state index is 12.4. The second-order valence-corrected chi connectivity index (χ2v) is 6.63. The number of nitrogens with zero attached hydrogens (tertiary/aromatic N) is 2. The summed E-state index contributed by atoms with van der Waals surface area (Å²) >= 11 is 0. The Bertz CT molecular complexity index is 864. The van der Waals surface area contributed by atoms with E-state index in [0.717, 1.165) is 11.1 Å². The summed E-state index contributed by atoms with van der Waals surface area (Å²) in [7, 11) is -4.01. The highest BCUT2D eigenvalue weighted by molar-refractivity contribution is 7.87. The molecule has 0 saturated carbocycles. The molecule has 0 radical (unpaired) electrons. The van der Waals surface area contributed by atoms with Gasteiger partial charge in [0.15, 0.2) is 11.4 Å². The van der Waals surface area contributed by atoms with Crippen molar-refractivity contribution in [2.24, 2.45) is 0 Å². The number of rotatable bonds is 3. The van der Waals surface area contributed by atoms with E-state index in [1.165, 1.54) is 12.1 Å². The molecular formula is C16H16N2O3S. The number of nitriles is 1. The van der Waals surface area contributed by atoms with Crippen molar-refractivity contribution in [3.63, 3.8) is 0 Å². The Morgan fingerprint density at radius 1 is 1.05 bits per heavy atom. The molecule has 1 heterocycles. The Morgan fingerprint density at radius 2 is 1.64 bits per heavy atom. The first-order valence-electron chi connectivity index (χ1n) is 6.65. The van der Waals surface area contributed by atoms with Crippen LogP contribution in [0, 0.1) is 39.0 Å². The summed E-state index contributed by atoms with van der Waals surface area (Å²) in [4.78, 5) is 4.13. The minimum atomic E-state index is -4.01. The summed E-state index contributed by atoms with van der Waals surface area (Å²) in [5, 5.41) is 9.17. The van der Waals surface area contributed by atoms with Crippen LogP contribution in [0.25, 0.3) is 0 Å². The van der Waals surface area contributed by atoms with Crippen molar-refractivity contribution in [1.82, 2.24) is 4.98 Å². The molecule has 0 spiro atoms. The second-order valence-electron chi connectivity index (χ2n) is 5.09. The van der Waals surface area contributed by atoms with E-state index in [4.69, 9.17) is 4.18 Å². The van der Waals surface area contributed by atoms with Gasteiger partial charge in [0.25, 0.3) is 0 Å². The summed E-state index contributed by atoms with van der Waals surface area (Å²) in [6.45, 7) is 7.15. The number of hydrogen-bond donors (Lipinski definition) is 0. The highest BCUT2D eigenvalue weighted by atomic mass is 32.2. The highest BCUT2D eigenvalue weighted by Crippen LogP contribution is 2.29. The number of pyridine rings is 1. The predicted octanol–water partition coefficient (Wildman–Crippen LogP) is 2.95. The summed E-state index contributed by atoms with van der Waals surface area (Å²) in [6, 6.07) is 8.21. The van der Waals surface area contributed by atoms with Crippen molar-refractivity contribution in [3.8, 4) is 11.8 Å². The Morgan fingerprint density at radius 3 is 2.18 bits per heavy atom. The van der Waals surface area contributed by atoms with Crippen molar-refractivity contribution in [2.75, 3.05) is 0 Å². The van der Waals surface area contributed by atoms with E-state index < -0.39 is 10.1 Å². The van der Waals surface area contributed by atoms with Crippen LogP contribution in [0.4, 0.5) is 0 Å². The zero-order valence-electron chi connectivity index (χ0n) is 12.8. The number of benzene rings is 1. The first kappa shape index (κ1) is 16.0. The van der Waals surface area contributed by atoms with E-state index in [2.05, 4.69) is 4.98 Å². The second kappa shape index (κ2) is 5.78. The van der Waals surface area contributed by atoms with E-state index in [0.29, 0.717) is 11.3 Å². The standard InChI is InChI=1S/C16H16N2O3S/c1-10-5-7-14(8-6-10)22(19,20)21-16-12(3)11(2)13(4)18-15(16)9-17/h5-8H,1-4H3. The molecule has 0 bridgehead atoms. The fraction of sp³-hybridized carbons (Fsp3) is 0.250. The molecule has 0 amide bonds. The molecular weight excluding hydrogens is 300 g/mol. The fourth-order valence-electron chi connectivity index (χ4n) is 1.96. The normalized spacial score (nSPS) is 11.0. The van der Waals surface area contributed by atoms with Crippen LogP contribution in [0.5, 0.6) is 5.75 Å². The monoisotopic (exact) mass is 316 g/mol. The van der Waals surface area contributed by atoms with Gasteiger partial charge in [0.05, 0.1) is 0 Å². The molecule has 0 aliphatic heterocycles. The Balaban J connectivity index is 2.53. The van der Waals surface area contributed by atoms with Crippen LogP contribution in [-0.4, -0.2) is 13.4 Å². The molecule has 22 heavy (non-hydrogen) atoms. The van der Waals surface area contributed by atoms with Crippen LogP contribution in [0.15, 0.2) is 29.2 Å². The lowest BCUT2D eigenvalue weighted by molar-refractivity contribution is 0.481. The number of aryl methyl sites for hydroxylation is 2. The SMILES string of the molecule is Cc1ccc(S(=O)(=O)Oc2c(C#N)nc(C)c(C)c2C)cc1. The molecule has 114 valence electrons. The largest absolute Gasteiger partial charge is 0.376 e. The third-order valence-corrected chi connectivity index (χ3v) is 4.78. The lowest BCUT2D eigenvalue weighted by Gasteiger charge is -2.13. The Kier molecular flexibility index (Phi) is 4.20. The van der Waals surface area contributed by atoms with Gasteiger partial charge in [0, 0.05) is 11.3 Å². The zero-order valence-corrected chi connectivity index (χ0v) is 13.7. The van der Waals surface area contributed by atoms with E-state index in [9.17, 15) is 13.7 Å². The first-order valence-corrected chi connectivity index (χ1v) is 8.06. The third-order valence-electron chi connectivity index (χ3n) is 3.55. The van der Waals surface area contributed by atoms with Gasteiger partial charge in [-0.1, -0.05) is 17.7 Å². The summed E-state index contributed by atoms with van der Waals surface area (Å²) in [5.41, 5.74) is 2.99. The Labute approximate surface area is 130 Å². The van der Waals surface area contributed by atoms with Gasteiger partial charge < -0.3 is 4.18 Å². The van der Waals surface area contributed by atoms with Crippen molar-refractivity contribution in [2.45, 2.75) is 32.6 Å². The quantitative estimate of drug-likeness (QED) is 0.813. The van der Waals surface area contributed by atoms with Gasteiger partial charge in [-0.15, -0.1) is 0 Å². The van der Waals surface area contributed by atoms with E-state index >= 15 is 0 Å². The molecule has 0 saturated heterocycles. The van der Waals surface area contributed by atoms with E-state index in [1.54, 1.807) is 26.0 Å². The molecule has 6 heteroatoms. The molecule has 0 N–H and O–H groups in total. The van der Waals surface area contributed by atoms with Crippen molar-refractivity contribution in [1.29, 1.82) is 5.26 Å². The average molecular weight is 316 g/mol. The molecule has 0 aliphatic rings. The van der Waals surface area contributed by atoms with Crippen LogP contribution >= 0.6 is 0 Å². The third kappa shape index (κ3) is 2.95. The number of aromatic nitrogens is 1. The van der Waals surface area contributed by atoms with Crippen LogP contribution in [-0.2, 0) is 10.1 Å². The summed E-state index contributed by atoms with van der Waals surface area (Å²) in [6.07, 6.45) is 0. The molecule has 2 rings (SSSR count). The van der Waals surface area contributed by atoms with Crippen LogP contribution in [0.2, 0.25) is 0 Å². The minimum absolute atomic E-state index is 0.00817. The van der Waals surface area contributed by atoms with Gasteiger partial charge in [-0.2, -0.15) is 13.7 Å². The molecule has 0 atom stereocenters. The van der Waals surface area contributed by atoms with Gasteiger partial charge in [-0.25, -0.2) is 4.98 Å². The topological polar surface area (TPSA) is 80.0 Å². The van der Waals surface area contributed by atoms with Crippen molar-refractivity contribution in [3.05, 3.63) is 52.3 Å². The van der Waals surface area contributed by atoms with Crippen molar-refractivity contribution >= 4 is 10.1 Å². The molecule has 1 aromatic heterocycles. The molecule has 5 nitrogen and oxygen atoms in total. The molecule has 2 aromatic rings. The van der Waals surface area contributed by atoms with Gasteiger partial charge in [-0.05, 0) is 45.4 Å². The van der Waals surface area contributed by atoms with Gasteiger partial charge >= 0.3 is 10.1 Å². The first-order chi connectivity index (χ1) is 10.3. The van der Waals surface area contributed by atoms with Crippen molar-refractivity contribution < 1.29 is 12.6 Å². The minimum Gasteiger partial charge on any atom is -0.376 e. The maximum atomic E-state index is 12.4. The molecule has 0 aliphatic carbocycles. The van der Waals surface area contributed by atoms with Gasteiger partial charge in [0.2, 0.25) is 0 Å². The maximum Gasteiger partial charge on any atom is 0.339 e. The zero-order chi connectivity index (χ0) is 16.5. The summed E-state index contributed by atoms with van der Waals surface area (Å²) in [5.74, 6) is -0.00817. The smallest absolute Gasteiger partial charge is 0.339 e.